The fourth-order valence-corrected chi connectivity index (χ4v) is 2.23. The molecule has 0 aliphatic carbocycles. The number of rotatable bonds is 4. The van der Waals surface area contributed by atoms with Gasteiger partial charge in [-0.3, -0.25) is 4.98 Å². The summed E-state index contributed by atoms with van der Waals surface area (Å²) in [4.78, 5) is 4.37. The maximum Gasteiger partial charge on any atom is 0.0974 e. The highest BCUT2D eigenvalue weighted by atomic mass is 16.3. The summed E-state index contributed by atoms with van der Waals surface area (Å²) in [7, 11) is 0. The molecule has 21 heavy (non-hydrogen) atoms. The Morgan fingerprint density at radius 1 is 1.05 bits per heavy atom. The first-order valence-electron chi connectivity index (χ1n) is 7.04. The zero-order valence-electron chi connectivity index (χ0n) is 11.9. The Morgan fingerprint density at radius 3 is 2.67 bits per heavy atom. The molecule has 0 radical (unpaired) electrons. The third kappa shape index (κ3) is 3.29. The lowest BCUT2D eigenvalue weighted by Crippen LogP contribution is -1.91. The van der Waals surface area contributed by atoms with E-state index in [2.05, 4.69) is 42.3 Å². The molecule has 104 valence electrons. The Morgan fingerprint density at radius 2 is 1.90 bits per heavy atom. The first-order chi connectivity index (χ1) is 10.3. The van der Waals surface area contributed by atoms with Gasteiger partial charge in [-0.15, -0.1) is 0 Å². The summed E-state index contributed by atoms with van der Waals surface area (Å²) in [5, 5.41) is 0. The van der Waals surface area contributed by atoms with Crippen LogP contribution in [0.3, 0.4) is 0 Å². The monoisotopic (exact) mass is 275 g/mol. The lowest BCUT2D eigenvalue weighted by molar-refractivity contribution is 0.567. The van der Waals surface area contributed by atoms with E-state index in [1.807, 2.05) is 36.7 Å². The van der Waals surface area contributed by atoms with Gasteiger partial charge in [-0.25, -0.2) is 0 Å². The molecule has 0 bridgehead atoms. The molecule has 0 unspecified atom stereocenters. The van der Waals surface area contributed by atoms with E-state index in [-0.39, 0.29) is 0 Å². The molecule has 0 aliphatic heterocycles. The first-order valence-corrected chi connectivity index (χ1v) is 7.04. The maximum atomic E-state index is 5.07. The molecular weight excluding hydrogens is 258 g/mol. The smallest absolute Gasteiger partial charge is 0.0974 e. The molecule has 2 heteroatoms. The summed E-state index contributed by atoms with van der Waals surface area (Å²) < 4.78 is 5.07. The number of hydrogen-bond acceptors (Lipinski definition) is 2. The molecule has 1 atom stereocenters. The average molecular weight is 275 g/mol. The van der Waals surface area contributed by atoms with Gasteiger partial charge >= 0.3 is 0 Å². The lowest BCUT2D eigenvalue weighted by Gasteiger charge is -2.08. The topological polar surface area (TPSA) is 26.0 Å². The molecule has 0 spiro atoms. The van der Waals surface area contributed by atoms with Gasteiger partial charge in [-0.05, 0) is 23.3 Å². The van der Waals surface area contributed by atoms with Crippen molar-refractivity contribution in [1.29, 1.82) is 0 Å². The van der Waals surface area contributed by atoms with Gasteiger partial charge in [0.15, 0.2) is 0 Å². The fraction of sp³-hybridized carbons (Fsp3) is 0.105. The summed E-state index contributed by atoms with van der Waals surface area (Å²) in [6, 6.07) is 14.5. The van der Waals surface area contributed by atoms with E-state index >= 15 is 0 Å². The molecule has 2 heterocycles. The zero-order valence-corrected chi connectivity index (χ0v) is 11.9. The van der Waals surface area contributed by atoms with E-state index < -0.39 is 0 Å². The largest absolute Gasteiger partial charge is 0.472 e. The van der Waals surface area contributed by atoms with Crippen LogP contribution in [0.15, 0.2) is 77.9 Å². The molecule has 3 rings (SSSR count). The molecule has 0 saturated carbocycles. The Labute approximate surface area is 124 Å². The van der Waals surface area contributed by atoms with Crippen LogP contribution in [0.2, 0.25) is 0 Å². The summed E-state index contributed by atoms with van der Waals surface area (Å²) in [6.45, 7) is 2.17. The minimum Gasteiger partial charge on any atom is -0.472 e. The van der Waals surface area contributed by atoms with Gasteiger partial charge < -0.3 is 4.42 Å². The Kier molecular flexibility index (Phi) is 3.97. The van der Waals surface area contributed by atoms with Crippen LogP contribution in [0.5, 0.6) is 0 Å². The molecule has 3 aromatic rings. The minimum absolute atomic E-state index is 0.302. The van der Waals surface area contributed by atoms with Crippen molar-refractivity contribution >= 4 is 6.08 Å². The van der Waals surface area contributed by atoms with Crippen LogP contribution in [0.25, 0.3) is 17.2 Å². The van der Waals surface area contributed by atoms with E-state index in [1.54, 1.807) is 12.5 Å². The highest BCUT2D eigenvalue weighted by molar-refractivity contribution is 5.63. The van der Waals surface area contributed by atoms with Crippen molar-refractivity contribution < 1.29 is 4.42 Å². The van der Waals surface area contributed by atoms with Crippen molar-refractivity contribution in [3.63, 3.8) is 0 Å². The van der Waals surface area contributed by atoms with E-state index in [0.29, 0.717) is 5.92 Å². The predicted molar refractivity (Wildman–Crippen MR) is 85.8 cm³/mol. The quantitative estimate of drug-likeness (QED) is 0.657. The second kappa shape index (κ2) is 6.23. The summed E-state index contributed by atoms with van der Waals surface area (Å²) in [6.07, 6.45) is 11.5. The van der Waals surface area contributed by atoms with Gasteiger partial charge in [0.25, 0.3) is 0 Å². The third-order valence-corrected chi connectivity index (χ3v) is 3.51. The van der Waals surface area contributed by atoms with Crippen molar-refractivity contribution in [1.82, 2.24) is 4.98 Å². The van der Waals surface area contributed by atoms with Gasteiger partial charge in [0.1, 0.15) is 0 Å². The maximum absolute atomic E-state index is 5.07. The van der Waals surface area contributed by atoms with E-state index in [1.165, 1.54) is 11.1 Å². The van der Waals surface area contributed by atoms with Crippen LogP contribution in [0, 0.1) is 0 Å². The van der Waals surface area contributed by atoms with Crippen molar-refractivity contribution in [2.24, 2.45) is 0 Å². The number of aromatic nitrogens is 1. The molecule has 2 nitrogen and oxygen atoms in total. The Bertz CT molecular complexity index is 714. The van der Waals surface area contributed by atoms with E-state index in [4.69, 9.17) is 4.42 Å². The molecule has 2 aromatic heterocycles. The summed E-state index contributed by atoms with van der Waals surface area (Å²) >= 11 is 0. The standard InChI is InChI=1S/C19H17NO/c1-15(7-8-16-9-10-21-14-16)18-11-19(13-20-12-18)17-5-3-2-4-6-17/h2-15H,1H3/b8-7+/t15-/m0/s1. The SMILES string of the molecule is C[C@@H](/C=C/c1ccoc1)c1cncc(-c2ccccc2)c1. The van der Waals surface area contributed by atoms with Crippen LogP contribution in [-0.2, 0) is 0 Å². The fourth-order valence-electron chi connectivity index (χ4n) is 2.23. The zero-order chi connectivity index (χ0) is 14.5. The lowest BCUT2D eigenvalue weighted by atomic mass is 9.98. The number of pyridine rings is 1. The first kappa shape index (κ1) is 13.4. The molecule has 0 aliphatic rings. The van der Waals surface area contributed by atoms with Crippen LogP contribution in [0.1, 0.15) is 24.0 Å². The number of allylic oxidation sites excluding steroid dienone is 1. The molecule has 0 N–H and O–H groups in total. The molecule has 0 amide bonds. The Hall–Kier alpha value is -2.61. The van der Waals surface area contributed by atoms with Gasteiger partial charge in [0.2, 0.25) is 0 Å². The van der Waals surface area contributed by atoms with Gasteiger partial charge in [-0.2, -0.15) is 0 Å². The Balaban J connectivity index is 1.83. The number of furan rings is 1. The molecule has 0 saturated heterocycles. The van der Waals surface area contributed by atoms with Crippen LogP contribution in [0.4, 0.5) is 0 Å². The van der Waals surface area contributed by atoms with Gasteiger partial charge in [0, 0.05) is 29.4 Å². The van der Waals surface area contributed by atoms with Crippen molar-refractivity contribution in [2.75, 3.05) is 0 Å². The van der Waals surface area contributed by atoms with Crippen molar-refractivity contribution in [2.45, 2.75) is 12.8 Å². The average Bonchev–Trinajstić information content (AvgIpc) is 3.07. The minimum atomic E-state index is 0.302. The second-order valence-electron chi connectivity index (χ2n) is 5.08. The summed E-state index contributed by atoms with van der Waals surface area (Å²) in [5.74, 6) is 0.302. The molecular formula is C19H17NO. The van der Waals surface area contributed by atoms with Gasteiger partial charge in [0.05, 0.1) is 12.5 Å². The molecule has 1 aromatic carbocycles. The number of nitrogens with zero attached hydrogens (tertiary/aromatic N) is 1. The van der Waals surface area contributed by atoms with E-state index in [9.17, 15) is 0 Å². The number of benzene rings is 1. The second-order valence-corrected chi connectivity index (χ2v) is 5.08. The van der Waals surface area contributed by atoms with Crippen LogP contribution in [-0.4, -0.2) is 4.98 Å². The number of hydrogen-bond donors (Lipinski definition) is 0. The molecule has 0 fully saturated rings. The summed E-state index contributed by atoms with van der Waals surface area (Å²) in [5.41, 5.74) is 4.62. The normalized spacial score (nSPS) is 12.6. The predicted octanol–water partition coefficient (Wildman–Crippen LogP) is 5.16. The van der Waals surface area contributed by atoms with Crippen LogP contribution < -0.4 is 0 Å². The third-order valence-electron chi connectivity index (χ3n) is 3.51. The van der Waals surface area contributed by atoms with Crippen molar-refractivity contribution in [3.8, 4) is 11.1 Å². The van der Waals surface area contributed by atoms with E-state index in [0.717, 1.165) is 11.1 Å². The highest BCUT2D eigenvalue weighted by Gasteiger charge is 2.05. The van der Waals surface area contributed by atoms with Crippen molar-refractivity contribution in [3.05, 3.63) is 84.6 Å². The highest BCUT2D eigenvalue weighted by Crippen LogP contribution is 2.24. The van der Waals surface area contributed by atoms with Gasteiger partial charge in [-0.1, -0.05) is 49.4 Å². The van der Waals surface area contributed by atoms with Crippen LogP contribution >= 0.6 is 0 Å².